The molecule has 0 bridgehead atoms. The van der Waals surface area contributed by atoms with Gasteiger partial charge in [0, 0.05) is 4.47 Å². The third-order valence-corrected chi connectivity index (χ3v) is 3.81. The quantitative estimate of drug-likeness (QED) is 0.838. The molecule has 8 heteroatoms. The molecule has 0 atom stereocenters. The normalized spacial score (nSPS) is 10.6. The summed E-state index contributed by atoms with van der Waals surface area (Å²) in [4.78, 5) is 10.6. The Hall–Kier alpha value is -1.41. The highest BCUT2D eigenvalue weighted by molar-refractivity contribution is 9.10. The van der Waals surface area contributed by atoms with Crippen molar-refractivity contribution in [2.24, 2.45) is 0 Å². The topological polar surface area (TPSA) is 80.9 Å². The highest BCUT2D eigenvalue weighted by atomic mass is 79.9. The van der Waals surface area contributed by atoms with E-state index in [0.29, 0.717) is 5.16 Å². The molecule has 0 aliphatic carbocycles. The first-order valence-electron chi connectivity index (χ1n) is 5.53. The first-order chi connectivity index (χ1) is 9.11. The molecule has 1 aromatic carbocycles. The van der Waals surface area contributed by atoms with Gasteiger partial charge in [0.1, 0.15) is 0 Å². The summed E-state index contributed by atoms with van der Waals surface area (Å²) in [6, 6.07) is 5.81. The minimum absolute atomic E-state index is 0.0711. The third-order valence-electron chi connectivity index (χ3n) is 2.42. The van der Waals surface area contributed by atoms with Crippen molar-refractivity contribution in [1.82, 2.24) is 20.2 Å². The van der Waals surface area contributed by atoms with Gasteiger partial charge in [0.25, 0.3) is 0 Å². The second-order valence-corrected chi connectivity index (χ2v) is 5.54. The Morgan fingerprint density at radius 1 is 1.53 bits per heavy atom. The zero-order chi connectivity index (χ0) is 13.8. The molecular formula is C11H11BrN4O2S. The maximum absolute atomic E-state index is 10.6. The Kier molecular flexibility index (Phi) is 4.54. The van der Waals surface area contributed by atoms with Crippen LogP contribution in [0.5, 0.6) is 0 Å². The van der Waals surface area contributed by atoms with Crippen LogP contribution < -0.4 is 0 Å². The molecule has 0 unspecified atom stereocenters. The molecule has 100 valence electrons. The van der Waals surface area contributed by atoms with Crippen LogP contribution in [0.3, 0.4) is 0 Å². The third kappa shape index (κ3) is 3.32. The van der Waals surface area contributed by atoms with Crippen molar-refractivity contribution in [3.8, 4) is 5.69 Å². The minimum Gasteiger partial charge on any atom is -0.481 e. The number of carbonyl (C=O) groups is 1. The Labute approximate surface area is 122 Å². The number of aliphatic carboxylic acids is 1. The van der Waals surface area contributed by atoms with Gasteiger partial charge < -0.3 is 5.11 Å². The van der Waals surface area contributed by atoms with E-state index in [0.717, 1.165) is 33.9 Å². The Morgan fingerprint density at radius 3 is 3.00 bits per heavy atom. The van der Waals surface area contributed by atoms with E-state index in [4.69, 9.17) is 5.11 Å². The number of tetrazole rings is 1. The van der Waals surface area contributed by atoms with Gasteiger partial charge in [0.2, 0.25) is 5.16 Å². The maximum Gasteiger partial charge on any atom is 0.313 e. The van der Waals surface area contributed by atoms with Crippen LogP contribution in [0.4, 0.5) is 0 Å². The van der Waals surface area contributed by atoms with Crippen molar-refractivity contribution in [3.05, 3.63) is 28.2 Å². The number of halogens is 1. The summed E-state index contributed by atoms with van der Waals surface area (Å²) in [6.07, 6.45) is 0.831. The van der Waals surface area contributed by atoms with Crippen LogP contribution in [0.1, 0.15) is 12.5 Å². The van der Waals surface area contributed by atoms with Crippen molar-refractivity contribution in [1.29, 1.82) is 0 Å². The van der Waals surface area contributed by atoms with Crippen molar-refractivity contribution in [2.45, 2.75) is 18.5 Å². The van der Waals surface area contributed by atoms with Crippen molar-refractivity contribution < 1.29 is 9.90 Å². The average molecular weight is 343 g/mol. The monoisotopic (exact) mass is 342 g/mol. The Bertz CT molecular complexity index is 602. The summed E-state index contributed by atoms with van der Waals surface area (Å²) in [6.45, 7) is 2.04. The van der Waals surface area contributed by atoms with Gasteiger partial charge in [-0.05, 0) is 40.6 Å². The highest BCUT2D eigenvalue weighted by Crippen LogP contribution is 2.24. The number of carboxylic acid groups (broad SMARTS) is 1. The number of benzene rings is 1. The number of carboxylic acids is 1. The molecule has 19 heavy (non-hydrogen) atoms. The lowest BCUT2D eigenvalue weighted by Crippen LogP contribution is -2.05. The summed E-state index contributed by atoms with van der Waals surface area (Å²) < 4.78 is 2.56. The summed E-state index contributed by atoms with van der Waals surface area (Å²) in [5.41, 5.74) is 1.95. The lowest BCUT2D eigenvalue weighted by Gasteiger charge is -2.09. The van der Waals surface area contributed by atoms with Gasteiger partial charge in [-0.3, -0.25) is 4.79 Å². The van der Waals surface area contributed by atoms with E-state index in [1.54, 1.807) is 4.68 Å². The summed E-state index contributed by atoms with van der Waals surface area (Å²) >= 11 is 4.52. The zero-order valence-corrected chi connectivity index (χ0v) is 12.5. The second kappa shape index (κ2) is 6.16. The molecule has 0 saturated heterocycles. The smallest absolute Gasteiger partial charge is 0.313 e. The second-order valence-electron chi connectivity index (χ2n) is 3.68. The molecule has 0 fully saturated rings. The average Bonchev–Trinajstić information content (AvgIpc) is 2.84. The van der Waals surface area contributed by atoms with Crippen LogP contribution in [0.2, 0.25) is 0 Å². The lowest BCUT2D eigenvalue weighted by atomic mass is 10.1. The molecule has 2 aromatic rings. The van der Waals surface area contributed by atoms with Gasteiger partial charge in [-0.15, -0.1) is 5.10 Å². The van der Waals surface area contributed by atoms with Crippen molar-refractivity contribution >= 4 is 33.7 Å². The van der Waals surface area contributed by atoms with Crippen LogP contribution in [-0.4, -0.2) is 37.0 Å². The van der Waals surface area contributed by atoms with Gasteiger partial charge in [-0.25, -0.2) is 0 Å². The Morgan fingerprint density at radius 2 is 2.32 bits per heavy atom. The predicted molar refractivity (Wildman–Crippen MR) is 74.6 cm³/mol. The van der Waals surface area contributed by atoms with Crippen LogP contribution in [-0.2, 0) is 11.2 Å². The molecule has 0 aliphatic rings. The summed E-state index contributed by atoms with van der Waals surface area (Å²) in [5.74, 6) is -0.968. The molecule has 6 nitrogen and oxygen atoms in total. The fraction of sp³-hybridized carbons (Fsp3) is 0.273. The minimum atomic E-state index is -0.897. The van der Waals surface area contributed by atoms with E-state index >= 15 is 0 Å². The van der Waals surface area contributed by atoms with Crippen LogP contribution in [0, 0.1) is 0 Å². The number of hydrogen-bond acceptors (Lipinski definition) is 5. The standard InChI is InChI=1S/C11H11BrN4O2S/c1-2-7-5-8(12)3-4-9(7)16-11(13-14-15-16)19-6-10(17)18/h3-5H,2,6H2,1H3,(H,17,18). The highest BCUT2D eigenvalue weighted by Gasteiger charge is 2.13. The molecule has 0 spiro atoms. The van der Waals surface area contributed by atoms with Crippen LogP contribution in [0.25, 0.3) is 5.69 Å². The van der Waals surface area contributed by atoms with Gasteiger partial charge in [0.05, 0.1) is 11.4 Å². The molecule has 2 rings (SSSR count). The fourth-order valence-corrected chi connectivity index (χ4v) is 2.60. The Balaban J connectivity index is 2.36. The first-order valence-corrected chi connectivity index (χ1v) is 7.31. The molecule has 0 amide bonds. The molecule has 0 aliphatic heterocycles. The van der Waals surface area contributed by atoms with Gasteiger partial charge in [0.15, 0.2) is 0 Å². The number of aryl methyl sites for hydroxylation is 1. The van der Waals surface area contributed by atoms with Crippen LogP contribution in [0.15, 0.2) is 27.8 Å². The molecule has 1 aromatic heterocycles. The van der Waals surface area contributed by atoms with E-state index in [9.17, 15) is 4.79 Å². The SMILES string of the molecule is CCc1cc(Br)ccc1-n1nnnc1SCC(=O)O. The van der Waals surface area contributed by atoms with Gasteiger partial charge in [-0.1, -0.05) is 34.6 Å². The number of rotatable bonds is 5. The molecule has 1 heterocycles. The maximum atomic E-state index is 10.6. The van der Waals surface area contributed by atoms with E-state index in [-0.39, 0.29) is 5.75 Å². The van der Waals surface area contributed by atoms with Crippen molar-refractivity contribution in [2.75, 3.05) is 5.75 Å². The number of thioether (sulfide) groups is 1. The molecule has 0 radical (unpaired) electrons. The van der Waals surface area contributed by atoms with E-state index in [1.807, 2.05) is 25.1 Å². The van der Waals surface area contributed by atoms with Gasteiger partial charge >= 0.3 is 5.97 Å². The van der Waals surface area contributed by atoms with Gasteiger partial charge in [-0.2, -0.15) is 4.68 Å². The molecule has 0 saturated carbocycles. The molecule has 1 N–H and O–H groups in total. The molecular weight excluding hydrogens is 332 g/mol. The summed E-state index contributed by atoms with van der Waals surface area (Å²) in [5, 5.41) is 20.6. The fourth-order valence-electron chi connectivity index (χ4n) is 1.59. The van der Waals surface area contributed by atoms with E-state index in [1.165, 1.54) is 0 Å². The lowest BCUT2D eigenvalue weighted by molar-refractivity contribution is -0.133. The summed E-state index contributed by atoms with van der Waals surface area (Å²) in [7, 11) is 0. The van der Waals surface area contributed by atoms with Crippen molar-refractivity contribution in [3.63, 3.8) is 0 Å². The number of aromatic nitrogens is 4. The number of hydrogen-bond donors (Lipinski definition) is 1. The predicted octanol–water partition coefficient (Wildman–Crippen LogP) is 2.16. The van der Waals surface area contributed by atoms with E-state index in [2.05, 4.69) is 31.5 Å². The first kappa shape index (κ1) is 14.0. The number of nitrogens with zero attached hydrogens (tertiary/aromatic N) is 4. The largest absolute Gasteiger partial charge is 0.481 e. The van der Waals surface area contributed by atoms with Crippen LogP contribution >= 0.6 is 27.7 Å². The van der Waals surface area contributed by atoms with E-state index < -0.39 is 5.97 Å². The zero-order valence-electron chi connectivity index (χ0n) is 10.1.